The molecule has 0 unspecified atom stereocenters. The summed E-state index contributed by atoms with van der Waals surface area (Å²) in [6, 6.07) is 5.93. The molecule has 0 bridgehead atoms. The van der Waals surface area contributed by atoms with Gasteiger partial charge in [0.25, 0.3) is 0 Å². The van der Waals surface area contributed by atoms with Crippen molar-refractivity contribution in [3.63, 3.8) is 0 Å². The number of ether oxygens (including phenoxy) is 1. The molecule has 2 amide bonds. The second kappa shape index (κ2) is 12.8. The van der Waals surface area contributed by atoms with Gasteiger partial charge in [0.05, 0.1) is 25.3 Å². The Morgan fingerprint density at radius 3 is 2.56 bits per heavy atom. The Balaban J connectivity index is 0.000000534. The standard InChI is InChI=1S/C19H21N5O2.C4H9NO/c1-3-26-16-6-14-5-4-13(7-17(14)24-18(20)8-16)15-9-22-19(23-10-15)11-21-12(2)25;1-2-3-5-4-6/h4-7,9-10H,3,8,11H2,1-2H3,(H2,20,24)(H,21,25);4H,2-3H2,1H3,(H,5,6). The van der Waals surface area contributed by atoms with E-state index >= 15 is 0 Å². The minimum atomic E-state index is -0.113. The van der Waals surface area contributed by atoms with Crippen molar-refractivity contribution in [3.05, 3.63) is 47.7 Å². The SMILES string of the molecule is CCCNC=O.CCOC1=Cc2ccc(-c3cnc(CNC(C)=O)nc3)cc2N=C(N)C1. The number of nitrogens with zero attached hydrogens (tertiary/aromatic N) is 3. The first-order valence-corrected chi connectivity index (χ1v) is 10.5. The predicted octanol–water partition coefficient (Wildman–Crippen LogP) is 2.69. The van der Waals surface area contributed by atoms with Crippen molar-refractivity contribution >= 4 is 29.9 Å². The number of carbonyl (C=O) groups excluding carboxylic acids is 2. The van der Waals surface area contributed by atoms with Crippen LogP contribution in [0, 0.1) is 0 Å². The molecule has 0 saturated carbocycles. The summed E-state index contributed by atoms with van der Waals surface area (Å²) in [5, 5.41) is 5.19. The van der Waals surface area contributed by atoms with Crippen molar-refractivity contribution in [2.75, 3.05) is 13.2 Å². The number of carbonyl (C=O) groups is 2. The maximum Gasteiger partial charge on any atom is 0.217 e. The molecule has 0 saturated heterocycles. The molecule has 170 valence electrons. The number of nitrogens with two attached hydrogens (primary N) is 1. The largest absolute Gasteiger partial charge is 0.498 e. The van der Waals surface area contributed by atoms with E-state index in [9.17, 15) is 9.59 Å². The average molecular weight is 439 g/mol. The lowest BCUT2D eigenvalue weighted by molar-refractivity contribution is -0.119. The maximum atomic E-state index is 11.0. The van der Waals surface area contributed by atoms with Crippen LogP contribution in [0.15, 0.2) is 41.3 Å². The highest BCUT2D eigenvalue weighted by Gasteiger charge is 2.12. The van der Waals surface area contributed by atoms with Gasteiger partial charge in [0, 0.05) is 37.0 Å². The Morgan fingerprint density at radius 2 is 1.97 bits per heavy atom. The number of amidine groups is 1. The van der Waals surface area contributed by atoms with Gasteiger partial charge in [0.1, 0.15) is 17.4 Å². The number of fused-ring (bicyclic) bond motifs is 1. The van der Waals surface area contributed by atoms with Crippen LogP contribution in [0.2, 0.25) is 0 Å². The van der Waals surface area contributed by atoms with Gasteiger partial charge in [-0.2, -0.15) is 0 Å². The van der Waals surface area contributed by atoms with Gasteiger partial charge in [-0.3, -0.25) is 9.59 Å². The Kier molecular flexibility index (Phi) is 9.83. The van der Waals surface area contributed by atoms with E-state index in [1.54, 1.807) is 12.4 Å². The number of hydrogen-bond acceptors (Lipinski definition) is 7. The van der Waals surface area contributed by atoms with Crippen molar-refractivity contribution in [3.8, 4) is 11.1 Å². The minimum absolute atomic E-state index is 0.113. The van der Waals surface area contributed by atoms with Crippen LogP contribution in [-0.4, -0.2) is 41.3 Å². The van der Waals surface area contributed by atoms with E-state index < -0.39 is 0 Å². The van der Waals surface area contributed by atoms with Gasteiger partial charge in [-0.15, -0.1) is 0 Å². The van der Waals surface area contributed by atoms with Gasteiger partial charge >= 0.3 is 0 Å². The number of hydrogen-bond donors (Lipinski definition) is 3. The number of aromatic nitrogens is 2. The van der Waals surface area contributed by atoms with Crippen molar-refractivity contribution in [1.82, 2.24) is 20.6 Å². The lowest BCUT2D eigenvalue weighted by atomic mass is 10.0. The van der Waals surface area contributed by atoms with Gasteiger partial charge in [0.2, 0.25) is 12.3 Å². The molecule has 9 nitrogen and oxygen atoms in total. The first-order valence-electron chi connectivity index (χ1n) is 10.5. The molecule has 4 N–H and O–H groups in total. The molecule has 9 heteroatoms. The number of benzene rings is 1. The zero-order valence-corrected chi connectivity index (χ0v) is 18.7. The molecule has 0 radical (unpaired) electrons. The van der Waals surface area contributed by atoms with Crippen LogP contribution in [0.4, 0.5) is 5.69 Å². The fourth-order valence-electron chi connectivity index (χ4n) is 2.82. The van der Waals surface area contributed by atoms with Crippen molar-refractivity contribution < 1.29 is 14.3 Å². The molecule has 2 aromatic rings. The molecule has 1 aromatic heterocycles. The summed E-state index contributed by atoms with van der Waals surface area (Å²) >= 11 is 0. The zero-order valence-electron chi connectivity index (χ0n) is 18.7. The summed E-state index contributed by atoms with van der Waals surface area (Å²) < 4.78 is 5.61. The van der Waals surface area contributed by atoms with Crippen molar-refractivity contribution in [2.45, 2.75) is 40.2 Å². The summed E-state index contributed by atoms with van der Waals surface area (Å²) in [5.41, 5.74) is 9.57. The topological polar surface area (TPSA) is 132 Å². The van der Waals surface area contributed by atoms with E-state index in [1.165, 1.54) is 6.92 Å². The molecule has 32 heavy (non-hydrogen) atoms. The van der Waals surface area contributed by atoms with Crippen LogP contribution < -0.4 is 16.4 Å². The highest BCUT2D eigenvalue weighted by atomic mass is 16.5. The Hall–Kier alpha value is -3.75. The molecule has 1 aliphatic rings. The van der Waals surface area contributed by atoms with E-state index in [0.717, 1.165) is 41.1 Å². The molecule has 0 fully saturated rings. The van der Waals surface area contributed by atoms with Gasteiger partial charge in [-0.25, -0.2) is 15.0 Å². The number of amides is 2. The smallest absolute Gasteiger partial charge is 0.217 e. The van der Waals surface area contributed by atoms with Gasteiger partial charge < -0.3 is 21.1 Å². The summed E-state index contributed by atoms with van der Waals surface area (Å²) in [6.45, 7) is 7.11. The molecule has 1 aromatic carbocycles. The predicted molar refractivity (Wildman–Crippen MR) is 125 cm³/mol. The first kappa shape index (κ1) is 24.5. The summed E-state index contributed by atoms with van der Waals surface area (Å²) in [6.07, 6.45) is 7.66. The van der Waals surface area contributed by atoms with Crippen molar-refractivity contribution in [2.24, 2.45) is 10.7 Å². The number of rotatable bonds is 8. The van der Waals surface area contributed by atoms with E-state index in [4.69, 9.17) is 10.5 Å². The van der Waals surface area contributed by atoms with Crippen LogP contribution in [-0.2, 0) is 20.9 Å². The fourth-order valence-corrected chi connectivity index (χ4v) is 2.82. The van der Waals surface area contributed by atoms with Crippen LogP contribution in [0.25, 0.3) is 17.2 Å². The van der Waals surface area contributed by atoms with Crippen LogP contribution in [0.1, 0.15) is 45.0 Å². The highest BCUT2D eigenvalue weighted by molar-refractivity contribution is 5.90. The van der Waals surface area contributed by atoms with E-state index in [-0.39, 0.29) is 5.91 Å². The molecule has 0 atom stereocenters. The Morgan fingerprint density at radius 1 is 1.22 bits per heavy atom. The summed E-state index contributed by atoms with van der Waals surface area (Å²) in [4.78, 5) is 33.5. The molecule has 2 heterocycles. The van der Waals surface area contributed by atoms with Crippen LogP contribution >= 0.6 is 0 Å². The third-order valence-corrected chi connectivity index (χ3v) is 4.31. The third kappa shape index (κ3) is 7.82. The molecule has 3 rings (SSSR count). The maximum absolute atomic E-state index is 11.0. The van der Waals surface area contributed by atoms with Crippen LogP contribution in [0.3, 0.4) is 0 Å². The van der Waals surface area contributed by atoms with Gasteiger partial charge in [0.15, 0.2) is 0 Å². The molecule has 0 spiro atoms. The van der Waals surface area contributed by atoms with Gasteiger partial charge in [-0.05, 0) is 31.1 Å². The molecular formula is C23H30N6O3. The summed E-state index contributed by atoms with van der Waals surface area (Å²) in [5.74, 6) is 1.78. The van der Waals surface area contributed by atoms with E-state index in [1.807, 2.05) is 38.1 Å². The second-order valence-corrected chi connectivity index (χ2v) is 6.97. The zero-order chi connectivity index (χ0) is 23.3. The first-order chi connectivity index (χ1) is 15.5. The molecular weight excluding hydrogens is 408 g/mol. The highest BCUT2D eigenvalue weighted by Crippen LogP contribution is 2.31. The fraction of sp³-hybridized carbons (Fsp3) is 0.348. The normalized spacial score (nSPS) is 12.1. The van der Waals surface area contributed by atoms with Crippen LogP contribution in [0.5, 0.6) is 0 Å². The Labute approximate surface area is 188 Å². The quantitative estimate of drug-likeness (QED) is 0.429. The monoisotopic (exact) mass is 438 g/mol. The number of aliphatic imine (C=N–C) groups is 1. The summed E-state index contributed by atoms with van der Waals surface area (Å²) in [7, 11) is 0. The van der Waals surface area contributed by atoms with Gasteiger partial charge in [-0.1, -0.05) is 19.1 Å². The lowest BCUT2D eigenvalue weighted by Crippen LogP contribution is -2.20. The van der Waals surface area contributed by atoms with E-state index in [0.29, 0.717) is 37.6 Å². The molecule has 1 aliphatic heterocycles. The second-order valence-electron chi connectivity index (χ2n) is 6.97. The third-order valence-electron chi connectivity index (χ3n) is 4.31. The average Bonchev–Trinajstić information content (AvgIpc) is 2.94. The van der Waals surface area contributed by atoms with E-state index in [2.05, 4.69) is 25.6 Å². The Bertz CT molecular complexity index is 970. The molecule has 0 aliphatic carbocycles. The number of nitrogens with one attached hydrogen (secondary N) is 2. The minimum Gasteiger partial charge on any atom is -0.498 e. The lowest BCUT2D eigenvalue weighted by Gasteiger charge is -2.07. The van der Waals surface area contributed by atoms with Crippen molar-refractivity contribution in [1.29, 1.82) is 0 Å².